The zero-order chi connectivity index (χ0) is 25.2. The van der Waals surface area contributed by atoms with E-state index >= 15 is 0 Å². The van der Waals surface area contributed by atoms with Gasteiger partial charge in [0.15, 0.2) is 0 Å². The van der Waals surface area contributed by atoms with Gasteiger partial charge in [-0.15, -0.1) is 0 Å². The summed E-state index contributed by atoms with van der Waals surface area (Å²) in [6.07, 6.45) is 6.59. The highest BCUT2D eigenvalue weighted by molar-refractivity contribution is 6.33. The summed E-state index contributed by atoms with van der Waals surface area (Å²) in [5.74, 6) is 1.13. The van der Waals surface area contributed by atoms with Crippen molar-refractivity contribution in [2.75, 3.05) is 48.8 Å². The fourth-order valence-corrected chi connectivity index (χ4v) is 4.46. The summed E-state index contributed by atoms with van der Waals surface area (Å²) in [5.41, 5.74) is 3.89. The minimum Gasteiger partial charge on any atom is -0.354 e. The second-order valence-corrected chi connectivity index (χ2v) is 9.20. The smallest absolute Gasteiger partial charge is 0.247 e. The van der Waals surface area contributed by atoms with Gasteiger partial charge in [0.05, 0.1) is 34.3 Å². The summed E-state index contributed by atoms with van der Waals surface area (Å²) in [5, 5.41) is 7.43. The fraction of sp³-hybridized carbons (Fsp3) is 0.231. The molecule has 1 saturated heterocycles. The summed E-state index contributed by atoms with van der Waals surface area (Å²) in [4.78, 5) is 30.0. The Morgan fingerprint density at radius 1 is 1.06 bits per heavy atom. The molecule has 0 atom stereocenters. The number of halogens is 1. The van der Waals surface area contributed by atoms with Gasteiger partial charge in [-0.3, -0.25) is 4.79 Å². The van der Waals surface area contributed by atoms with E-state index in [0.717, 1.165) is 54.2 Å². The van der Waals surface area contributed by atoms with Crippen molar-refractivity contribution in [3.8, 4) is 11.3 Å². The standard InChI is InChI=1S/C26H27ClN8O/c1-4-24(36)30-17-5-7-19-20(16-34(3)22(19)13-17)25-21(27)15-29-26(32-25)31-18-6-8-23(28-14-18)35-11-9-33(2)10-12-35/h4-8,13-16H,1,9-12H2,2-3H3,(H,30,36)(H,29,31,32). The number of likely N-dealkylation sites (N-methyl/N-ethyl adjacent to an activating group) is 1. The van der Waals surface area contributed by atoms with Gasteiger partial charge in [0, 0.05) is 56.1 Å². The van der Waals surface area contributed by atoms with Crippen LogP contribution in [0.5, 0.6) is 0 Å². The Balaban J connectivity index is 1.39. The van der Waals surface area contributed by atoms with E-state index in [1.807, 2.05) is 48.1 Å². The quantitative estimate of drug-likeness (QED) is 0.380. The minimum atomic E-state index is -0.260. The largest absolute Gasteiger partial charge is 0.354 e. The lowest BCUT2D eigenvalue weighted by atomic mass is 10.1. The van der Waals surface area contributed by atoms with Crippen LogP contribution < -0.4 is 15.5 Å². The molecule has 10 heteroatoms. The van der Waals surface area contributed by atoms with Crippen LogP contribution in [-0.4, -0.2) is 63.6 Å². The lowest BCUT2D eigenvalue weighted by Gasteiger charge is -2.33. The van der Waals surface area contributed by atoms with Crippen LogP contribution in [0.3, 0.4) is 0 Å². The second kappa shape index (κ2) is 9.96. The first-order valence-corrected chi connectivity index (χ1v) is 12.0. The summed E-state index contributed by atoms with van der Waals surface area (Å²) in [6, 6.07) is 9.68. The number of hydrogen-bond acceptors (Lipinski definition) is 7. The highest BCUT2D eigenvalue weighted by atomic mass is 35.5. The Kier molecular flexibility index (Phi) is 6.58. The third kappa shape index (κ3) is 4.89. The lowest BCUT2D eigenvalue weighted by molar-refractivity contribution is -0.111. The molecule has 1 fully saturated rings. The van der Waals surface area contributed by atoms with Crippen molar-refractivity contribution < 1.29 is 4.79 Å². The van der Waals surface area contributed by atoms with Crippen molar-refractivity contribution in [1.29, 1.82) is 0 Å². The molecule has 0 unspecified atom stereocenters. The Bertz CT molecular complexity index is 1420. The first-order chi connectivity index (χ1) is 17.4. The molecule has 1 aliphatic heterocycles. The van der Waals surface area contributed by atoms with Gasteiger partial charge in [-0.1, -0.05) is 24.2 Å². The molecule has 1 amide bonds. The number of rotatable bonds is 6. The third-order valence-electron chi connectivity index (χ3n) is 6.27. The van der Waals surface area contributed by atoms with Crippen LogP contribution in [0.4, 0.5) is 23.1 Å². The van der Waals surface area contributed by atoms with Crippen LogP contribution in [0.2, 0.25) is 5.02 Å². The third-order valence-corrected chi connectivity index (χ3v) is 6.55. The molecule has 36 heavy (non-hydrogen) atoms. The van der Waals surface area contributed by atoms with Gasteiger partial charge in [-0.2, -0.15) is 0 Å². The molecule has 0 spiro atoms. The summed E-state index contributed by atoms with van der Waals surface area (Å²) >= 11 is 6.53. The molecule has 0 bridgehead atoms. The number of hydrogen-bond donors (Lipinski definition) is 2. The van der Waals surface area contributed by atoms with E-state index < -0.39 is 0 Å². The number of aryl methyl sites for hydroxylation is 1. The lowest BCUT2D eigenvalue weighted by Crippen LogP contribution is -2.44. The van der Waals surface area contributed by atoms with Crippen molar-refractivity contribution in [2.45, 2.75) is 0 Å². The molecule has 3 aromatic heterocycles. The number of anilines is 4. The molecule has 9 nitrogen and oxygen atoms in total. The zero-order valence-corrected chi connectivity index (χ0v) is 21.0. The first-order valence-electron chi connectivity index (χ1n) is 11.6. The van der Waals surface area contributed by atoms with Crippen molar-refractivity contribution in [1.82, 2.24) is 24.4 Å². The van der Waals surface area contributed by atoms with Crippen molar-refractivity contribution in [3.05, 3.63) is 66.6 Å². The highest BCUT2D eigenvalue weighted by Gasteiger charge is 2.17. The van der Waals surface area contributed by atoms with E-state index in [-0.39, 0.29) is 5.91 Å². The molecule has 184 valence electrons. The van der Waals surface area contributed by atoms with Gasteiger partial charge in [0.1, 0.15) is 5.82 Å². The molecule has 4 heterocycles. The summed E-state index contributed by atoms with van der Waals surface area (Å²) in [6.45, 7) is 7.49. The van der Waals surface area contributed by atoms with Crippen LogP contribution in [0.25, 0.3) is 22.2 Å². The Labute approximate surface area is 214 Å². The van der Waals surface area contributed by atoms with Crippen LogP contribution in [-0.2, 0) is 11.8 Å². The highest BCUT2D eigenvalue weighted by Crippen LogP contribution is 2.35. The van der Waals surface area contributed by atoms with Gasteiger partial charge in [-0.05, 0) is 37.4 Å². The topological polar surface area (TPSA) is 91.2 Å². The Morgan fingerprint density at radius 3 is 2.56 bits per heavy atom. The molecule has 1 aliphatic rings. The Morgan fingerprint density at radius 2 is 1.83 bits per heavy atom. The predicted octanol–water partition coefficient (Wildman–Crippen LogP) is 4.30. The molecule has 2 N–H and O–H groups in total. The molecule has 0 saturated carbocycles. The van der Waals surface area contributed by atoms with Crippen LogP contribution in [0.1, 0.15) is 0 Å². The molecular weight excluding hydrogens is 476 g/mol. The zero-order valence-electron chi connectivity index (χ0n) is 20.2. The number of benzene rings is 1. The Hall–Kier alpha value is -3.95. The van der Waals surface area contributed by atoms with E-state index in [2.05, 4.69) is 44.0 Å². The molecule has 0 radical (unpaired) electrons. The maximum absolute atomic E-state index is 11.7. The number of nitrogens with one attached hydrogen (secondary N) is 2. The monoisotopic (exact) mass is 502 g/mol. The number of amides is 1. The maximum Gasteiger partial charge on any atom is 0.247 e. The molecule has 4 aromatic rings. The van der Waals surface area contributed by atoms with Crippen LogP contribution >= 0.6 is 11.6 Å². The van der Waals surface area contributed by atoms with E-state index in [0.29, 0.717) is 22.4 Å². The normalized spacial score (nSPS) is 14.1. The van der Waals surface area contributed by atoms with Crippen molar-refractivity contribution >= 4 is 51.6 Å². The van der Waals surface area contributed by atoms with Gasteiger partial charge in [-0.25, -0.2) is 15.0 Å². The van der Waals surface area contributed by atoms with Gasteiger partial charge >= 0.3 is 0 Å². The molecule has 1 aromatic carbocycles. The summed E-state index contributed by atoms with van der Waals surface area (Å²) in [7, 11) is 4.07. The number of carbonyl (C=O) groups excluding carboxylic acids is 1. The van der Waals surface area contributed by atoms with Crippen LogP contribution in [0.15, 0.2) is 61.6 Å². The van der Waals surface area contributed by atoms with E-state index in [1.165, 1.54) is 6.08 Å². The summed E-state index contributed by atoms with van der Waals surface area (Å²) < 4.78 is 1.97. The molecule has 0 aliphatic carbocycles. The number of pyridine rings is 1. The van der Waals surface area contributed by atoms with Crippen molar-refractivity contribution in [3.63, 3.8) is 0 Å². The van der Waals surface area contributed by atoms with Gasteiger partial charge in [0.2, 0.25) is 11.9 Å². The minimum absolute atomic E-state index is 0.260. The SMILES string of the molecule is C=CC(=O)Nc1ccc2c(-c3nc(Nc4ccc(N5CCN(C)CC5)nc4)ncc3Cl)cn(C)c2c1. The number of carbonyl (C=O) groups is 1. The predicted molar refractivity (Wildman–Crippen MR) is 145 cm³/mol. The number of fused-ring (bicyclic) bond motifs is 1. The van der Waals surface area contributed by atoms with E-state index in [9.17, 15) is 4.79 Å². The number of piperazine rings is 1. The average Bonchev–Trinajstić information content (AvgIpc) is 3.21. The number of aromatic nitrogens is 4. The second-order valence-electron chi connectivity index (χ2n) is 8.79. The molecular formula is C26H27ClN8O. The first kappa shape index (κ1) is 23.8. The van der Waals surface area contributed by atoms with E-state index in [1.54, 1.807) is 12.4 Å². The van der Waals surface area contributed by atoms with Crippen molar-refractivity contribution in [2.24, 2.45) is 7.05 Å². The van der Waals surface area contributed by atoms with Crippen LogP contribution in [0, 0.1) is 0 Å². The van der Waals surface area contributed by atoms with Gasteiger partial charge < -0.3 is 25.0 Å². The van der Waals surface area contributed by atoms with Gasteiger partial charge in [0.25, 0.3) is 0 Å². The average molecular weight is 503 g/mol. The fourth-order valence-electron chi connectivity index (χ4n) is 4.27. The number of nitrogens with zero attached hydrogens (tertiary/aromatic N) is 6. The van der Waals surface area contributed by atoms with E-state index in [4.69, 9.17) is 16.6 Å². The molecule has 5 rings (SSSR count). The maximum atomic E-state index is 11.7.